The van der Waals surface area contributed by atoms with Crippen molar-refractivity contribution in [3.8, 4) is 0 Å². The van der Waals surface area contributed by atoms with Crippen molar-refractivity contribution in [2.75, 3.05) is 33.4 Å². The molecule has 0 spiro atoms. The molecule has 0 radical (unpaired) electrons. The van der Waals surface area contributed by atoms with Crippen LogP contribution in [-0.4, -0.2) is 55.0 Å². The predicted molar refractivity (Wildman–Crippen MR) is 89.4 cm³/mol. The Balaban J connectivity index is 1.69. The second-order valence-electron chi connectivity index (χ2n) is 5.89. The van der Waals surface area contributed by atoms with Gasteiger partial charge in [0.25, 0.3) is 0 Å². The first-order chi connectivity index (χ1) is 11.1. The number of amides is 2. The molecule has 2 amide bonds. The van der Waals surface area contributed by atoms with E-state index in [1.165, 1.54) is 7.11 Å². The Kier molecular flexibility index (Phi) is 6.98. The van der Waals surface area contributed by atoms with Crippen molar-refractivity contribution in [1.29, 1.82) is 0 Å². The zero-order valence-corrected chi connectivity index (χ0v) is 14.7. The molecule has 0 saturated carbocycles. The van der Waals surface area contributed by atoms with E-state index in [1.54, 1.807) is 16.2 Å². The Morgan fingerprint density at radius 2 is 2.35 bits per heavy atom. The second kappa shape index (κ2) is 8.98. The lowest BCUT2D eigenvalue weighted by atomic mass is 9.97. The molecule has 7 heteroatoms. The summed E-state index contributed by atoms with van der Waals surface area (Å²) in [5.41, 5.74) is 1.05. The fourth-order valence-electron chi connectivity index (χ4n) is 2.75. The van der Waals surface area contributed by atoms with Gasteiger partial charge in [0.15, 0.2) is 0 Å². The fraction of sp³-hybridized carbons (Fsp3) is 0.688. The summed E-state index contributed by atoms with van der Waals surface area (Å²) in [4.78, 5) is 30.2. The third-order valence-electron chi connectivity index (χ3n) is 3.95. The number of nitrogens with zero attached hydrogens (tertiary/aromatic N) is 2. The lowest BCUT2D eigenvalue weighted by Gasteiger charge is -2.31. The third kappa shape index (κ3) is 5.58. The summed E-state index contributed by atoms with van der Waals surface area (Å²) in [5, 5.41) is 6.15. The lowest BCUT2D eigenvalue weighted by molar-refractivity contribution is -0.138. The standard InChI is InChI=1S/C16H25N3O3S/c1-12-11-23-14(18-12)6-3-7-17-16(21)13-5-4-8-19(9-13)15(20)10-22-2/h11,13H,3-10H2,1-2H3,(H,17,21). The molecule has 128 valence electrons. The van der Waals surface area contributed by atoms with Gasteiger partial charge in [-0.05, 0) is 26.2 Å². The van der Waals surface area contributed by atoms with E-state index in [0.29, 0.717) is 13.1 Å². The van der Waals surface area contributed by atoms with Gasteiger partial charge in [0, 0.05) is 44.2 Å². The van der Waals surface area contributed by atoms with Crippen LogP contribution in [0.25, 0.3) is 0 Å². The van der Waals surface area contributed by atoms with Crippen molar-refractivity contribution in [3.63, 3.8) is 0 Å². The number of hydrogen-bond acceptors (Lipinski definition) is 5. The van der Waals surface area contributed by atoms with Crippen molar-refractivity contribution >= 4 is 23.2 Å². The van der Waals surface area contributed by atoms with Gasteiger partial charge in [-0.1, -0.05) is 0 Å². The Bertz CT molecular complexity index is 532. The molecular formula is C16H25N3O3S. The highest BCUT2D eigenvalue weighted by molar-refractivity contribution is 7.09. The maximum absolute atomic E-state index is 12.2. The Hall–Kier alpha value is -1.47. The molecule has 2 rings (SSSR count). The molecule has 1 aliphatic rings. The first-order valence-electron chi connectivity index (χ1n) is 8.05. The van der Waals surface area contributed by atoms with Crippen molar-refractivity contribution in [2.45, 2.75) is 32.6 Å². The van der Waals surface area contributed by atoms with Crippen LogP contribution in [-0.2, 0) is 20.7 Å². The van der Waals surface area contributed by atoms with Gasteiger partial charge in [-0.3, -0.25) is 9.59 Å². The molecule has 1 aromatic rings. The van der Waals surface area contributed by atoms with E-state index in [1.807, 2.05) is 12.3 Å². The van der Waals surface area contributed by atoms with Gasteiger partial charge in [-0.2, -0.15) is 0 Å². The van der Waals surface area contributed by atoms with Crippen molar-refractivity contribution in [3.05, 3.63) is 16.1 Å². The molecule has 23 heavy (non-hydrogen) atoms. The van der Waals surface area contributed by atoms with E-state index in [2.05, 4.69) is 10.3 Å². The van der Waals surface area contributed by atoms with E-state index in [0.717, 1.165) is 42.9 Å². The van der Waals surface area contributed by atoms with Gasteiger partial charge in [0.1, 0.15) is 6.61 Å². The number of aryl methyl sites for hydroxylation is 2. The van der Waals surface area contributed by atoms with E-state index in [-0.39, 0.29) is 24.3 Å². The predicted octanol–water partition coefficient (Wildman–Crippen LogP) is 1.39. The second-order valence-corrected chi connectivity index (χ2v) is 6.83. The smallest absolute Gasteiger partial charge is 0.248 e. The Morgan fingerprint density at radius 3 is 3.04 bits per heavy atom. The molecule has 1 fully saturated rings. The molecule has 0 aliphatic carbocycles. The van der Waals surface area contributed by atoms with Gasteiger partial charge >= 0.3 is 0 Å². The highest BCUT2D eigenvalue weighted by atomic mass is 32.1. The van der Waals surface area contributed by atoms with Crippen LogP contribution in [0.3, 0.4) is 0 Å². The van der Waals surface area contributed by atoms with Crippen molar-refractivity contribution in [2.24, 2.45) is 5.92 Å². The number of carbonyl (C=O) groups excluding carboxylic acids is 2. The van der Waals surface area contributed by atoms with Crippen LogP contribution in [0.5, 0.6) is 0 Å². The molecule has 1 aromatic heterocycles. The van der Waals surface area contributed by atoms with E-state index < -0.39 is 0 Å². The van der Waals surface area contributed by atoms with E-state index >= 15 is 0 Å². The SMILES string of the molecule is COCC(=O)N1CCCC(C(=O)NCCCc2nc(C)cs2)C1. The largest absolute Gasteiger partial charge is 0.375 e. The Morgan fingerprint density at radius 1 is 1.52 bits per heavy atom. The lowest BCUT2D eigenvalue weighted by Crippen LogP contribution is -2.46. The number of piperidine rings is 1. The van der Waals surface area contributed by atoms with Gasteiger partial charge < -0.3 is 15.0 Å². The number of aromatic nitrogens is 1. The molecule has 2 heterocycles. The average molecular weight is 339 g/mol. The van der Waals surface area contributed by atoms with Gasteiger partial charge in [-0.25, -0.2) is 4.98 Å². The fourth-order valence-corrected chi connectivity index (χ4v) is 3.56. The number of thiazole rings is 1. The number of carbonyl (C=O) groups is 2. The molecule has 1 unspecified atom stereocenters. The highest BCUT2D eigenvalue weighted by Gasteiger charge is 2.27. The van der Waals surface area contributed by atoms with E-state index in [4.69, 9.17) is 4.74 Å². The van der Waals surface area contributed by atoms with Crippen LogP contribution in [0.1, 0.15) is 30.0 Å². The first-order valence-corrected chi connectivity index (χ1v) is 8.93. The van der Waals surface area contributed by atoms with Crippen LogP contribution in [0.4, 0.5) is 0 Å². The third-order valence-corrected chi connectivity index (χ3v) is 4.97. The maximum atomic E-state index is 12.2. The van der Waals surface area contributed by atoms with Gasteiger partial charge in [0.2, 0.25) is 11.8 Å². The normalized spacial score (nSPS) is 18.0. The number of nitrogens with one attached hydrogen (secondary N) is 1. The summed E-state index contributed by atoms with van der Waals surface area (Å²) >= 11 is 1.66. The average Bonchev–Trinajstić information content (AvgIpc) is 2.97. The molecule has 6 nitrogen and oxygen atoms in total. The van der Waals surface area contributed by atoms with Crippen LogP contribution >= 0.6 is 11.3 Å². The molecular weight excluding hydrogens is 314 g/mol. The Labute approximate surface area is 141 Å². The maximum Gasteiger partial charge on any atom is 0.248 e. The zero-order valence-electron chi connectivity index (χ0n) is 13.8. The van der Waals surface area contributed by atoms with Crippen LogP contribution < -0.4 is 5.32 Å². The minimum Gasteiger partial charge on any atom is -0.375 e. The summed E-state index contributed by atoms with van der Waals surface area (Å²) in [5.74, 6) is -0.0916. The monoisotopic (exact) mass is 339 g/mol. The number of likely N-dealkylation sites (tertiary alicyclic amines) is 1. The molecule has 1 saturated heterocycles. The van der Waals surface area contributed by atoms with Crippen LogP contribution in [0.15, 0.2) is 5.38 Å². The van der Waals surface area contributed by atoms with Crippen LogP contribution in [0, 0.1) is 12.8 Å². The van der Waals surface area contributed by atoms with Gasteiger partial charge in [0.05, 0.1) is 10.9 Å². The molecule has 1 atom stereocenters. The minimum atomic E-state index is -0.105. The first kappa shape index (κ1) is 17.9. The summed E-state index contributed by atoms with van der Waals surface area (Å²) in [6.07, 6.45) is 3.49. The van der Waals surface area contributed by atoms with Crippen LogP contribution in [0.2, 0.25) is 0 Å². The molecule has 1 N–H and O–H groups in total. The summed E-state index contributed by atoms with van der Waals surface area (Å²) in [7, 11) is 1.51. The quantitative estimate of drug-likeness (QED) is 0.762. The molecule has 0 aromatic carbocycles. The van der Waals surface area contributed by atoms with Crippen molar-refractivity contribution < 1.29 is 14.3 Å². The summed E-state index contributed by atoms with van der Waals surface area (Å²) in [6, 6.07) is 0. The summed E-state index contributed by atoms with van der Waals surface area (Å²) < 4.78 is 4.88. The topological polar surface area (TPSA) is 71.5 Å². The highest BCUT2D eigenvalue weighted by Crippen LogP contribution is 2.17. The minimum absolute atomic E-state index is 0.0378. The van der Waals surface area contributed by atoms with Gasteiger partial charge in [-0.15, -0.1) is 11.3 Å². The van der Waals surface area contributed by atoms with E-state index in [9.17, 15) is 9.59 Å². The number of rotatable bonds is 7. The summed E-state index contributed by atoms with van der Waals surface area (Å²) in [6.45, 7) is 3.94. The zero-order chi connectivity index (χ0) is 16.7. The molecule has 1 aliphatic heterocycles. The number of methoxy groups -OCH3 is 1. The molecule has 0 bridgehead atoms. The number of hydrogen-bond donors (Lipinski definition) is 1. The van der Waals surface area contributed by atoms with Crippen molar-refractivity contribution in [1.82, 2.24) is 15.2 Å². The number of ether oxygens (including phenoxy) is 1.